The number of amides is 2. The molecule has 4 rings (SSSR count). The number of nitro groups is 1. The average molecular weight is 445 g/mol. The van der Waals surface area contributed by atoms with E-state index in [2.05, 4.69) is 4.90 Å². The Morgan fingerprint density at radius 1 is 1.09 bits per heavy atom. The number of hydrogen-bond acceptors (Lipinski definition) is 6. The van der Waals surface area contributed by atoms with E-state index in [1.807, 2.05) is 4.90 Å². The molecule has 9 heteroatoms. The maximum Gasteiger partial charge on any atom is 0.272 e. The molecule has 3 aliphatic heterocycles. The number of aryl methyl sites for hydroxylation is 1. The monoisotopic (exact) mass is 444 g/mol. The van der Waals surface area contributed by atoms with Gasteiger partial charge in [-0.15, -0.1) is 0 Å². The molecule has 0 N–H and O–H groups in total. The number of piperidine rings is 1. The van der Waals surface area contributed by atoms with Crippen molar-refractivity contribution >= 4 is 17.5 Å². The standard InChI is InChI=1S/C23H32N4O5/c1-17-15-19(4-5-20(17)27(30)31)22(28)26-8-2-3-21(26)23(29)25-9-6-18(7-10-25)16-24-11-13-32-14-12-24/h4-5,15,18,21H,2-3,6-14,16H2,1H3. The molecule has 1 aromatic carbocycles. The highest BCUT2D eigenvalue weighted by atomic mass is 16.6. The second-order valence-corrected chi connectivity index (χ2v) is 9.10. The number of carbonyl (C=O) groups excluding carboxylic acids is 2. The molecule has 0 spiro atoms. The molecule has 3 fully saturated rings. The van der Waals surface area contributed by atoms with Crippen LogP contribution in [0.15, 0.2) is 18.2 Å². The number of benzene rings is 1. The molecular formula is C23H32N4O5. The number of ether oxygens (including phenoxy) is 1. The Kier molecular flexibility index (Phi) is 7.05. The molecule has 0 bridgehead atoms. The zero-order chi connectivity index (χ0) is 22.7. The zero-order valence-electron chi connectivity index (χ0n) is 18.7. The molecule has 0 aromatic heterocycles. The Morgan fingerprint density at radius 2 is 1.81 bits per heavy atom. The Balaban J connectivity index is 1.35. The third-order valence-electron chi connectivity index (χ3n) is 6.99. The molecule has 3 aliphatic rings. The van der Waals surface area contributed by atoms with Crippen molar-refractivity contribution in [1.29, 1.82) is 0 Å². The van der Waals surface area contributed by atoms with E-state index < -0.39 is 11.0 Å². The summed E-state index contributed by atoms with van der Waals surface area (Å²) in [5.74, 6) is 0.418. The minimum atomic E-state index is -0.450. The molecule has 0 aliphatic carbocycles. The average Bonchev–Trinajstić information content (AvgIpc) is 3.29. The molecule has 3 heterocycles. The van der Waals surface area contributed by atoms with Crippen LogP contribution in [0.5, 0.6) is 0 Å². The van der Waals surface area contributed by atoms with Crippen molar-refractivity contribution in [3.05, 3.63) is 39.4 Å². The van der Waals surface area contributed by atoms with Gasteiger partial charge in [-0.3, -0.25) is 24.6 Å². The number of nitrogens with zero attached hydrogens (tertiary/aromatic N) is 4. The predicted molar refractivity (Wildman–Crippen MR) is 118 cm³/mol. The molecule has 9 nitrogen and oxygen atoms in total. The van der Waals surface area contributed by atoms with Crippen LogP contribution in [0.1, 0.15) is 41.6 Å². The predicted octanol–water partition coefficient (Wildman–Crippen LogP) is 2.08. The minimum Gasteiger partial charge on any atom is -0.379 e. The van der Waals surface area contributed by atoms with Crippen LogP contribution in [0.4, 0.5) is 5.69 Å². The fraction of sp³-hybridized carbons (Fsp3) is 0.652. The molecule has 1 unspecified atom stereocenters. The van der Waals surface area contributed by atoms with Crippen LogP contribution >= 0.6 is 0 Å². The van der Waals surface area contributed by atoms with E-state index in [9.17, 15) is 19.7 Å². The summed E-state index contributed by atoms with van der Waals surface area (Å²) in [6.07, 6.45) is 3.45. The Hall–Kier alpha value is -2.52. The van der Waals surface area contributed by atoms with Crippen molar-refractivity contribution in [2.24, 2.45) is 5.92 Å². The maximum absolute atomic E-state index is 13.3. The smallest absolute Gasteiger partial charge is 0.272 e. The first-order chi connectivity index (χ1) is 15.4. The largest absolute Gasteiger partial charge is 0.379 e. The third kappa shape index (κ3) is 4.94. The van der Waals surface area contributed by atoms with Gasteiger partial charge in [0.05, 0.1) is 18.1 Å². The normalized spacial score (nSPS) is 22.8. The second-order valence-electron chi connectivity index (χ2n) is 9.10. The van der Waals surface area contributed by atoms with Gasteiger partial charge in [-0.25, -0.2) is 0 Å². The van der Waals surface area contributed by atoms with Crippen molar-refractivity contribution in [2.75, 3.05) is 52.5 Å². The van der Waals surface area contributed by atoms with E-state index in [-0.39, 0.29) is 17.5 Å². The first-order valence-corrected chi connectivity index (χ1v) is 11.6. The van der Waals surface area contributed by atoms with E-state index in [0.29, 0.717) is 30.0 Å². The number of hydrogen-bond donors (Lipinski definition) is 0. The van der Waals surface area contributed by atoms with Gasteiger partial charge in [-0.1, -0.05) is 0 Å². The van der Waals surface area contributed by atoms with Crippen molar-refractivity contribution in [1.82, 2.24) is 14.7 Å². The first kappa shape index (κ1) is 22.7. The SMILES string of the molecule is Cc1cc(C(=O)N2CCCC2C(=O)N2CCC(CN3CCOCC3)CC2)ccc1[N+](=O)[O-]. The lowest BCUT2D eigenvalue weighted by atomic mass is 9.95. The summed E-state index contributed by atoms with van der Waals surface area (Å²) in [5.41, 5.74) is 0.845. The van der Waals surface area contributed by atoms with Crippen LogP contribution in [-0.4, -0.2) is 90.0 Å². The maximum atomic E-state index is 13.3. The highest BCUT2D eigenvalue weighted by Gasteiger charge is 2.38. The van der Waals surface area contributed by atoms with Crippen LogP contribution in [0.25, 0.3) is 0 Å². The van der Waals surface area contributed by atoms with Gasteiger partial charge in [0.15, 0.2) is 0 Å². The van der Waals surface area contributed by atoms with E-state index in [1.54, 1.807) is 17.9 Å². The van der Waals surface area contributed by atoms with Gasteiger partial charge >= 0.3 is 0 Å². The lowest BCUT2D eigenvalue weighted by Crippen LogP contribution is -2.51. The summed E-state index contributed by atoms with van der Waals surface area (Å²) in [4.78, 5) is 43.0. The summed E-state index contributed by atoms with van der Waals surface area (Å²) < 4.78 is 5.42. The fourth-order valence-corrected chi connectivity index (χ4v) is 5.12. The van der Waals surface area contributed by atoms with E-state index >= 15 is 0 Å². The Morgan fingerprint density at radius 3 is 2.47 bits per heavy atom. The van der Waals surface area contributed by atoms with Crippen LogP contribution < -0.4 is 0 Å². The Bertz CT molecular complexity index is 862. The van der Waals surface area contributed by atoms with Crippen molar-refractivity contribution in [3.63, 3.8) is 0 Å². The van der Waals surface area contributed by atoms with Crippen LogP contribution in [-0.2, 0) is 9.53 Å². The van der Waals surface area contributed by atoms with E-state index in [1.165, 1.54) is 12.1 Å². The molecule has 174 valence electrons. The number of rotatable bonds is 5. The zero-order valence-corrected chi connectivity index (χ0v) is 18.7. The molecule has 3 saturated heterocycles. The van der Waals surface area contributed by atoms with Crippen LogP contribution in [0, 0.1) is 23.0 Å². The third-order valence-corrected chi connectivity index (χ3v) is 6.99. The van der Waals surface area contributed by atoms with Crippen LogP contribution in [0.3, 0.4) is 0 Å². The van der Waals surface area contributed by atoms with Gasteiger partial charge in [0.2, 0.25) is 5.91 Å². The molecular weight excluding hydrogens is 412 g/mol. The summed E-state index contributed by atoms with van der Waals surface area (Å²) in [5, 5.41) is 11.1. The van der Waals surface area contributed by atoms with Crippen molar-refractivity contribution in [3.8, 4) is 0 Å². The molecule has 1 atom stereocenters. The summed E-state index contributed by atoms with van der Waals surface area (Å²) >= 11 is 0. The topological polar surface area (TPSA) is 96.2 Å². The number of nitro benzene ring substituents is 1. The van der Waals surface area contributed by atoms with Gasteiger partial charge in [0.25, 0.3) is 11.6 Å². The summed E-state index contributed by atoms with van der Waals surface area (Å²) in [6.45, 7) is 8.29. The molecule has 32 heavy (non-hydrogen) atoms. The van der Waals surface area contributed by atoms with E-state index in [4.69, 9.17) is 4.74 Å². The van der Waals surface area contributed by atoms with Gasteiger partial charge in [0, 0.05) is 56.5 Å². The summed E-state index contributed by atoms with van der Waals surface area (Å²) in [7, 11) is 0. The minimum absolute atomic E-state index is 0.00412. The quantitative estimate of drug-likeness (QED) is 0.510. The molecule has 2 amide bonds. The van der Waals surface area contributed by atoms with Crippen molar-refractivity contribution < 1.29 is 19.2 Å². The number of morpholine rings is 1. The van der Waals surface area contributed by atoms with Crippen LogP contribution in [0.2, 0.25) is 0 Å². The van der Waals surface area contributed by atoms with E-state index in [0.717, 1.165) is 65.2 Å². The van der Waals surface area contributed by atoms with Gasteiger partial charge in [0.1, 0.15) is 6.04 Å². The molecule has 0 saturated carbocycles. The highest BCUT2D eigenvalue weighted by molar-refractivity contribution is 5.98. The van der Waals surface area contributed by atoms with Gasteiger partial charge in [-0.05, 0) is 50.7 Å². The number of carbonyl (C=O) groups is 2. The first-order valence-electron chi connectivity index (χ1n) is 11.6. The molecule has 0 radical (unpaired) electrons. The fourth-order valence-electron chi connectivity index (χ4n) is 5.12. The van der Waals surface area contributed by atoms with Gasteiger partial charge < -0.3 is 14.5 Å². The highest BCUT2D eigenvalue weighted by Crippen LogP contribution is 2.27. The molecule has 1 aromatic rings. The number of likely N-dealkylation sites (tertiary alicyclic amines) is 2. The van der Waals surface area contributed by atoms with Gasteiger partial charge in [-0.2, -0.15) is 0 Å². The second kappa shape index (κ2) is 9.95. The van der Waals surface area contributed by atoms with Crippen molar-refractivity contribution in [2.45, 2.75) is 38.6 Å². The lowest BCUT2D eigenvalue weighted by molar-refractivity contribution is -0.385. The lowest BCUT2D eigenvalue weighted by Gasteiger charge is -2.38. The Labute approximate surface area is 188 Å². The summed E-state index contributed by atoms with van der Waals surface area (Å²) in [6, 6.07) is 3.98.